The van der Waals surface area contributed by atoms with Crippen LogP contribution in [0.4, 0.5) is 0 Å². The first kappa shape index (κ1) is 8.18. The van der Waals surface area contributed by atoms with Crippen LogP contribution in [0.2, 0.25) is 0 Å². The first-order valence-electron chi connectivity index (χ1n) is 2.82. The van der Waals surface area contributed by atoms with Crippen LogP contribution in [0.15, 0.2) is 12.5 Å². The molecule has 0 bridgehead atoms. The summed E-state index contributed by atoms with van der Waals surface area (Å²) in [6, 6.07) is 0. The number of nitrogens with one attached hydrogen (secondary N) is 2. The molecule has 1 aromatic rings. The molecule has 0 fully saturated rings. The Morgan fingerprint density at radius 1 is 1.73 bits per heavy atom. The van der Waals surface area contributed by atoms with Gasteiger partial charge in [-0.1, -0.05) is 0 Å². The van der Waals surface area contributed by atoms with E-state index in [0.717, 1.165) is 0 Å². The number of rotatable bonds is 3. The van der Waals surface area contributed by atoms with Gasteiger partial charge in [0.15, 0.2) is 0 Å². The van der Waals surface area contributed by atoms with Crippen LogP contribution in [0.3, 0.4) is 0 Å². The maximum atomic E-state index is 10.4. The third-order valence-electron chi connectivity index (χ3n) is 1.02. The van der Waals surface area contributed by atoms with E-state index >= 15 is 0 Å². The van der Waals surface area contributed by atoms with Gasteiger partial charge >= 0.3 is 0 Å². The van der Waals surface area contributed by atoms with E-state index in [1.807, 2.05) is 0 Å². The third kappa shape index (κ3) is 3.12. The van der Waals surface area contributed by atoms with Crippen molar-refractivity contribution in [1.82, 2.24) is 14.7 Å². The standard InChI is InChI=1S/C4H8N4O2S/c5-11(9,10)8-2-4-1-6-3-7-4/h1,3,8H,2H2,(H,6,7)(H2,5,9,10). The highest BCUT2D eigenvalue weighted by atomic mass is 32.2. The zero-order chi connectivity index (χ0) is 8.32. The van der Waals surface area contributed by atoms with Crippen LogP contribution in [0, 0.1) is 0 Å². The summed E-state index contributed by atoms with van der Waals surface area (Å²) >= 11 is 0. The van der Waals surface area contributed by atoms with E-state index < -0.39 is 10.2 Å². The molecular formula is C4H8N4O2S. The Kier molecular flexibility index (Phi) is 2.22. The maximum absolute atomic E-state index is 10.4. The highest BCUT2D eigenvalue weighted by Crippen LogP contribution is 1.88. The average molecular weight is 176 g/mol. The van der Waals surface area contributed by atoms with Gasteiger partial charge in [0.2, 0.25) is 0 Å². The molecule has 0 aromatic carbocycles. The van der Waals surface area contributed by atoms with Gasteiger partial charge in [0.05, 0.1) is 12.9 Å². The smallest absolute Gasteiger partial charge is 0.274 e. The second-order valence-electron chi connectivity index (χ2n) is 1.94. The van der Waals surface area contributed by atoms with Crippen molar-refractivity contribution in [2.45, 2.75) is 6.54 Å². The lowest BCUT2D eigenvalue weighted by Crippen LogP contribution is -2.30. The number of hydrogen-bond donors (Lipinski definition) is 3. The van der Waals surface area contributed by atoms with Crippen molar-refractivity contribution < 1.29 is 8.42 Å². The summed E-state index contributed by atoms with van der Waals surface area (Å²) in [5.74, 6) is 0. The molecule has 0 unspecified atom stereocenters. The predicted molar refractivity (Wildman–Crippen MR) is 38.5 cm³/mol. The second kappa shape index (κ2) is 2.99. The number of aromatic nitrogens is 2. The van der Waals surface area contributed by atoms with Crippen molar-refractivity contribution in [3.8, 4) is 0 Å². The van der Waals surface area contributed by atoms with E-state index in [1.165, 1.54) is 12.5 Å². The Labute approximate surface area is 64.0 Å². The lowest BCUT2D eigenvalue weighted by atomic mass is 10.5. The van der Waals surface area contributed by atoms with Crippen LogP contribution < -0.4 is 9.86 Å². The van der Waals surface area contributed by atoms with Gasteiger partial charge in [-0.3, -0.25) is 0 Å². The molecule has 0 spiro atoms. The lowest BCUT2D eigenvalue weighted by molar-refractivity contribution is 0.582. The molecule has 0 aliphatic heterocycles. The largest absolute Gasteiger partial charge is 0.347 e. The van der Waals surface area contributed by atoms with Gasteiger partial charge in [0.1, 0.15) is 0 Å². The summed E-state index contributed by atoms with van der Waals surface area (Å²) in [7, 11) is -3.60. The van der Waals surface area contributed by atoms with Gasteiger partial charge in [-0.25, -0.2) is 10.1 Å². The minimum atomic E-state index is -3.60. The molecule has 0 aliphatic carbocycles. The SMILES string of the molecule is NS(=O)(=O)NCc1cnc[nH]1. The Balaban J connectivity index is 2.48. The minimum absolute atomic E-state index is 0.138. The molecule has 11 heavy (non-hydrogen) atoms. The van der Waals surface area contributed by atoms with Crippen molar-refractivity contribution in [2.75, 3.05) is 0 Å². The fraction of sp³-hybridized carbons (Fsp3) is 0.250. The number of nitrogens with two attached hydrogens (primary N) is 1. The first-order valence-corrected chi connectivity index (χ1v) is 4.37. The van der Waals surface area contributed by atoms with Gasteiger partial charge in [-0.2, -0.15) is 13.1 Å². The Bertz CT molecular complexity index is 303. The minimum Gasteiger partial charge on any atom is -0.347 e. The highest BCUT2D eigenvalue weighted by molar-refractivity contribution is 7.87. The van der Waals surface area contributed by atoms with E-state index in [9.17, 15) is 8.42 Å². The summed E-state index contributed by atoms with van der Waals surface area (Å²) in [5, 5.41) is 4.68. The van der Waals surface area contributed by atoms with Crippen LogP contribution in [0.1, 0.15) is 5.69 Å². The van der Waals surface area contributed by atoms with E-state index in [2.05, 4.69) is 19.8 Å². The summed E-state index contributed by atoms with van der Waals surface area (Å²) < 4.78 is 22.8. The van der Waals surface area contributed by atoms with Gasteiger partial charge < -0.3 is 4.98 Å². The van der Waals surface area contributed by atoms with E-state index in [1.54, 1.807) is 0 Å². The quantitative estimate of drug-likeness (QED) is 0.533. The number of aromatic amines is 1. The van der Waals surface area contributed by atoms with Crippen molar-refractivity contribution in [3.63, 3.8) is 0 Å². The Hall–Kier alpha value is -0.920. The molecular weight excluding hydrogens is 168 g/mol. The monoisotopic (exact) mass is 176 g/mol. The van der Waals surface area contributed by atoms with E-state index in [4.69, 9.17) is 0 Å². The maximum Gasteiger partial charge on any atom is 0.274 e. The van der Waals surface area contributed by atoms with Crippen molar-refractivity contribution >= 4 is 10.2 Å². The summed E-state index contributed by atoms with van der Waals surface area (Å²) in [4.78, 5) is 6.41. The van der Waals surface area contributed by atoms with Crippen molar-refractivity contribution in [3.05, 3.63) is 18.2 Å². The molecule has 1 aromatic heterocycles. The lowest BCUT2D eigenvalue weighted by Gasteiger charge is -1.97. The third-order valence-corrected chi connectivity index (χ3v) is 1.57. The fourth-order valence-corrected chi connectivity index (χ4v) is 0.916. The molecule has 6 nitrogen and oxygen atoms in total. The molecule has 0 amide bonds. The van der Waals surface area contributed by atoms with Crippen LogP contribution >= 0.6 is 0 Å². The first-order chi connectivity index (χ1) is 5.08. The van der Waals surface area contributed by atoms with E-state index in [-0.39, 0.29) is 6.54 Å². The number of H-pyrrole nitrogens is 1. The number of imidazole rings is 1. The molecule has 0 saturated carbocycles. The number of nitrogens with zero attached hydrogens (tertiary/aromatic N) is 1. The van der Waals surface area contributed by atoms with E-state index in [0.29, 0.717) is 5.69 Å². The van der Waals surface area contributed by atoms with Crippen LogP contribution in [-0.2, 0) is 16.8 Å². The second-order valence-corrected chi connectivity index (χ2v) is 3.32. The summed E-state index contributed by atoms with van der Waals surface area (Å²) in [5.41, 5.74) is 0.666. The van der Waals surface area contributed by atoms with Gasteiger partial charge in [0, 0.05) is 11.9 Å². The molecule has 0 atom stereocenters. The van der Waals surface area contributed by atoms with Crippen molar-refractivity contribution in [2.24, 2.45) is 5.14 Å². The summed E-state index contributed by atoms with van der Waals surface area (Å²) in [6.45, 7) is 0.138. The molecule has 62 valence electrons. The zero-order valence-corrected chi connectivity index (χ0v) is 6.43. The highest BCUT2D eigenvalue weighted by Gasteiger charge is 2.00. The Morgan fingerprint density at radius 2 is 2.45 bits per heavy atom. The van der Waals surface area contributed by atoms with Gasteiger partial charge in [-0.05, 0) is 0 Å². The molecule has 1 heterocycles. The Morgan fingerprint density at radius 3 is 2.91 bits per heavy atom. The van der Waals surface area contributed by atoms with Gasteiger partial charge in [0.25, 0.3) is 10.2 Å². The normalized spacial score (nSPS) is 11.7. The fourth-order valence-electron chi connectivity index (χ4n) is 0.560. The molecule has 0 radical (unpaired) electrons. The molecule has 4 N–H and O–H groups in total. The van der Waals surface area contributed by atoms with Crippen LogP contribution in [-0.4, -0.2) is 18.4 Å². The van der Waals surface area contributed by atoms with Crippen LogP contribution in [0.5, 0.6) is 0 Å². The summed E-state index contributed by atoms with van der Waals surface area (Å²) in [6.07, 6.45) is 2.97. The van der Waals surface area contributed by atoms with Crippen LogP contribution in [0.25, 0.3) is 0 Å². The zero-order valence-electron chi connectivity index (χ0n) is 5.61. The van der Waals surface area contributed by atoms with Gasteiger partial charge in [-0.15, -0.1) is 0 Å². The van der Waals surface area contributed by atoms with Crippen molar-refractivity contribution in [1.29, 1.82) is 0 Å². The predicted octanol–water partition coefficient (Wildman–Crippen LogP) is -1.30. The average Bonchev–Trinajstić information content (AvgIpc) is 2.32. The number of hydrogen-bond acceptors (Lipinski definition) is 3. The molecule has 0 aliphatic rings. The molecule has 1 rings (SSSR count). The molecule has 0 saturated heterocycles. The topological polar surface area (TPSA) is 101 Å². The molecule has 7 heteroatoms.